The Morgan fingerprint density at radius 2 is 1.93 bits per heavy atom. The van der Waals surface area contributed by atoms with E-state index in [4.69, 9.17) is 5.73 Å². The molecule has 0 atom stereocenters. The van der Waals surface area contributed by atoms with E-state index in [-0.39, 0.29) is 5.82 Å². The molecule has 3 N–H and O–H groups in total. The molecule has 3 aromatic heterocycles. The molecule has 0 aliphatic heterocycles. The summed E-state index contributed by atoms with van der Waals surface area (Å²) in [6.45, 7) is 0.441. The largest absolute Gasteiger partial charge is 0.382 e. The van der Waals surface area contributed by atoms with E-state index in [9.17, 15) is 9.18 Å². The Balaban J connectivity index is 1.68. The van der Waals surface area contributed by atoms with Gasteiger partial charge >= 0.3 is 0 Å². The maximum atomic E-state index is 13.8. The van der Waals surface area contributed by atoms with Gasteiger partial charge in [0.25, 0.3) is 5.91 Å². The zero-order valence-corrected chi connectivity index (χ0v) is 15.0. The molecular weight excluding hydrogens is 357 g/mol. The molecule has 0 radical (unpaired) electrons. The predicted octanol–water partition coefficient (Wildman–Crippen LogP) is 3.29. The van der Waals surface area contributed by atoms with Gasteiger partial charge < -0.3 is 11.1 Å². The fraction of sp³-hybridized carbons (Fsp3) is 0.0952. The van der Waals surface area contributed by atoms with Crippen LogP contribution in [0.4, 0.5) is 10.1 Å². The molecule has 4 rings (SSSR count). The van der Waals surface area contributed by atoms with Gasteiger partial charge in [0, 0.05) is 30.7 Å². The highest BCUT2D eigenvalue weighted by atomic mass is 19.1. The van der Waals surface area contributed by atoms with Gasteiger partial charge in [-0.25, -0.2) is 8.91 Å². The summed E-state index contributed by atoms with van der Waals surface area (Å²) >= 11 is 0. The number of aromatic nitrogens is 3. The van der Waals surface area contributed by atoms with E-state index in [1.165, 1.54) is 12.3 Å². The van der Waals surface area contributed by atoms with Crippen molar-refractivity contribution in [1.29, 1.82) is 0 Å². The fourth-order valence-electron chi connectivity index (χ4n) is 3.15. The van der Waals surface area contributed by atoms with E-state index < -0.39 is 5.91 Å². The molecule has 0 spiro atoms. The topological polar surface area (TPSA) is 85.3 Å². The first-order chi connectivity index (χ1) is 13.6. The molecule has 0 bridgehead atoms. The second kappa shape index (κ2) is 7.48. The van der Waals surface area contributed by atoms with Crippen molar-refractivity contribution in [3.63, 3.8) is 0 Å². The minimum atomic E-state index is -0.574. The summed E-state index contributed by atoms with van der Waals surface area (Å²) in [6, 6.07) is 12.4. The average Bonchev–Trinajstić information content (AvgIpc) is 3.15. The number of hydrogen-bond acceptors (Lipinski definition) is 4. The van der Waals surface area contributed by atoms with Crippen LogP contribution in [0.1, 0.15) is 15.9 Å². The molecule has 0 saturated heterocycles. The highest BCUT2D eigenvalue weighted by Crippen LogP contribution is 2.28. The van der Waals surface area contributed by atoms with Crippen LogP contribution in [0, 0.1) is 5.82 Å². The molecule has 140 valence electrons. The Kier molecular flexibility index (Phi) is 4.72. The van der Waals surface area contributed by atoms with Gasteiger partial charge in [-0.3, -0.25) is 9.78 Å². The van der Waals surface area contributed by atoms with Crippen molar-refractivity contribution >= 4 is 17.1 Å². The van der Waals surface area contributed by atoms with E-state index in [1.54, 1.807) is 35.1 Å². The third-order valence-electron chi connectivity index (χ3n) is 4.57. The summed E-state index contributed by atoms with van der Waals surface area (Å²) in [5.41, 5.74) is 9.66. The number of carbonyl (C=O) groups excluding carboxylic acids is 1. The minimum absolute atomic E-state index is 0.248. The first-order valence-corrected chi connectivity index (χ1v) is 8.82. The summed E-state index contributed by atoms with van der Waals surface area (Å²) in [5.74, 6) is -0.822. The van der Waals surface area contributed by atoms with Crippen molar-refractivity contribution in [3.05, 3.63) is 84.2 Å². The molecule has 0 aliphatic rings. The fourth-order valence-corrected chi connectivity index (χ4v) is 3.15. The number of nitrogens with zero attached hydrogens (tertiary/aromatic N) is 3. The van der Waals surface area contributed by atoms with Crippen LogP contribution >= 0.6 is 0 Å². The molecule has 28 heavy (non-hydrogen) atoms. The van der Waals surface area contributed by atoms with E-state index in [1.807, 2.05) is 24.4 Å². The van der Waals surface area contributed by atoms with E-state index >= 15 is 0 Å². The summed E-state index contributed by atoms with van der Waals surface area (Å²) in [5, 5.41) is 7.53. The minimum Gasteiger partial charge on any atom is -0.382 e. The molecular formula is C21H18FN5O. The Bertz CT molecular complexity index is 1140. The zero-order chi connectivity index (χ0) is 19.5. The first kappa shape index (κ1) is 17.7. The summed E-state index contributed by atoms with van der Waals surface area (Å²) in [4.78, 5) is 15.9. The lowest BCUT2D eigenvalue weighted by molar-refractivity contribution is 0.100. The standard InChI is InChI=1S/C21H18FN5O/c22-18-4-2-1-3-15(18)7-10-25-20-17(21(23)28)12-26-27-13-16(11-19(20)27)14-5-8-24-9-6-14/h1-6,8-9,11-13,25H,7,10H2,(H2,23,28). The SMILES string of the molecule is NC(=O)c1cnn2cc(-c3ccncc3)cc2c1NCCc1ccccc1F. The smallest absolute Gasteiger partial charge is 0.252 e. The van der Waals surface area contributed by atoms with Crippen LogP contribution in [-0.4, -0.2) is 27.0 Å². The van der Waals surface area contributed by atoms with Crippen molar-refractivity contribution < 1.29 is 9.18 Å². The van der Waals surface area contributed by atoms with Crippen molar-refractivity contribution in [3.8, 4) is 11.1 Å². The van der Waals surface area contributed by atoms with E-state index in [0.29, 0.717) is 29.8 Å². The van der Waals surface area contributed by atoms with Crippen LogP contribution in [0.15, 0.2) is 67.3 Å². The Morgan fingerprint density at radius 1 is 1.14 bits per heavy atom. The molecule has 6 nitrogen and oxygen atoms in total. The average molecular weight is 375 g/mol. The Morgan fingerprint density at radius 3 is 2.68 bits per heavy atom. The third kappa shape index (κ3) is 3.42. The first-order valence-electron chi connectivity index (χ1n) is 8.82. The Hall–Kier alpha value is -3.74. The number of pyridine rings is 1. The maximum Gasteiger partial charge on any atom is 0.252 e. The number of benzene rings is 1. The number of anilines is 1. The second-order valence-corrected chi connectivity index (χ2v) is 6.36. The van der Waals surface area contributed by atoms with Crippen LogP contribution in [0.5, 0.6) is 0 Å². The number of fused-ring (bicyclic) bond motifs is 1. The van der Waals surface area contributed by atoms with Gasteiger partial charge in [-0.1, -0.05) is 18.2 Å². The van der Waals surface area contributed by atoms with Crippen LogP contribution in [0.25, 0.3) is 16.6 Å². The zero-order valence-electron chi connectivity index (χ0n) is 15.0. The number of nitrogens with one attached hydrogen (secondary N) is 1. The van der Waals surface area contributed by atoms with E-state index in [2.05, 4.69) is 15.4 Å². The van der Waals surface area contributed by atoms with E-state index in [0.717, 1.165) is 16.6 Å². The molecule has 3 heterocycles. The van der Waals surface area contributed by atoms with Crippen molar-refractivity contribution in [2.24, 2.45) is 5.73 Å². The number of rotatable bonds is 6. The van der Waals surface area contributed by atoms with Crippen molar-refractivity contribution in [2.45, 2.75) is 6.42 Å². The van der Waals surface area contributed by atoms with Gasteiger partial charge in [0.1, 0.15) is 5.82 Å². The van der Waals surface area contributed by atoms with Crippen molar-refractivity contribution in [2.75, 3.05) is 11.9 Å². The number of hydrogen-bond donors (Lipinski definition) is 2. The van der Waals surface area contributed by atoms with Gasteiger partial charge in [0.2, 0.25) is 0 Å². The highest BCUT2D eigenvalue weighted by Gasteiger charge is 2.15. The molecule has 0 unspecified atom stereocenters. The van der Waals surface area contributed by atoms with Crippen molar-refractivity contribution in [1.82, 2.24) is 14.6 Å². The lowest BCUT2D eigenvalue weighted by Crippen LogP contribution is -2.17. The second-order valence-electron chi connectivity index (χ2n) is 6.36. The maximum absolute atomic E-state index is 13.8. The molecule has 0 aliphatic carbocycles. The van der Waals surface area contributed by atoms with Gasteiger partial charge in [-0.15, -0.1) is 0 Å². The number of carbonyl (C=O) groups is 1. The number of primary amides is 1. The summed E-state index contributed by atoms with van der Waals surface area (Å²) in [6.07, 6.45) is 7.22. The highest BCUT2D eigenvalue weighted by molar-refractivity contribution is 6.02. The predicted molar refractivity (Wildman–Crippen MR) is 106 cm³/mol. The Labute approximate surface area is 160 Å². The molecule has 1 aromatic carbocycles. The quantitative estimate of drug-likeness (QED) is 0.542. The number of nitrogens with two attached hydrogens (primary N) is 1. The summed E-state index contributed by atoms with van der Waals surface area (Å²) < 4.78 is 15.5. The van der Waals surface area contributed by atoms with Crippen LogP contribution < -0.4 is 11.1 Å². The van der Waals surface area contributed by atoms with Crippen LogP contribution in [-0.2, 0) is 6.42 Å². The molecule has 0 fully saturated rings. The van der Waals surface area contributed by atoms with Gasteiger partial charge in [-0.2, -0.15) is 5.10 Å². The third-order valence-corrected chi connectivity index (χ3v) is 4.57. The van der Waals surface area contributed by atoms with Gasteiger partial charge in [-0.05, 0) is 41.8 Å². The van der Waals surface area contributed by atoms with Crippen LogP contribution in [0.2, 0.25) is 0 Å². The number of halogens is 1. The lowest BCUT2D eigenvalue weighted by atomic mass is 10.1. The van der Waals surface area contributed by atoms with Gasteiger partial charge in [0.15, 0.2) is 0 Å². The molecule has 7 heteroatoms. The van der Waals surface area contributed by atoms with Crippen LogP contribution in [0.3, 0.4) is 0 Å². The summed E-state index contributed by atoms with van der Waals surface area (Å²) in [7, 11) is 0. The number of amides is 1. The lowest BCUT2D eigenvalue weighted by Gasteiger charge is -2.12. The molecule has 4 aromatic rings. The molecule has 0 saturated carbocycles. The molecule has 1 amide bonds. The van der Waals surface area contributed by atoms with Gasteiger partial charge in [0.05, 0.1) is 23.0 Å². The normalized spacial score (nSPS) is 10.9. The monoisotopic (exact) mass is 375 g/mol.